The van der Waals surface area contributed by atoms with Crippen LogP contribution in [0.1, 0.15) is 33.1 Å². The number of hydrogen-bond donors (Lipinski definition) is 3. The summed E-state index contributed by atoms with van der Waals surface area (Å²) in [7, 11) is 0. The summed E-state index contributed by atoms with van der Waals surface area (Å²) in [6, 6.07) is 2.20. The van der Waals surface area contributed by atoms with Crippen LogP contribution in [0, 0.1) is 11.8 Å². The third kappa shape index (κ3) is 2.60. The molecule has 1 fully saturated rings. The summed E-state index contributed by atoms with van der Waals surface area (Å²) in [5.74, 6) is 2.85. The lowest BCUT2D eigenvalue weighted by Gasteiger charge is -2.21. The quantitative estimate of drug-likeness (QED) is 0.744. The Balaban J connectivity index is 2.06. The summed E-state index contributed by atoms with van der Waals surface area (Å²) in [6.07, 6.45) is 3.71. The zero-order valence-corrected chi connectivity index (χ0v) is 10.5. The molecule has 5 heteroatoms. The van der Waals surface area contributed by atoms with Gasteiger partial charge in [-0.15, -0.1) is 0 Å². The van der Waals surface area contributed by atoms with Crippen molar-refractivity contribution in [3.63, 3.8) is 0 Å². The summed E-state index contributed by atoms with van der Waals surface area (Å²) >= 11 is 0. The minimum atomic E-state index is 0.227. The Labute approximate surface area is 102 Å². The minimum absolute atomic E-state index is 0.227. The highest BCUT2D eigenvalue weighted by Gasteiger charge is 2.31. The van der Waals surface area contributed by atoms with E-state index in [2.05, 4.69) is 29.1 Å². The third-order valence-corrected chi connectivity index (χ3v) is 3.85. The number of aromatic nitrogens is 2. The highest BCUT2D eigenvalue weighted by atomic mass is 15.1. The molecule has 2 rings (SSSR count). The van der Waals surface area contributed by atoms with Gasteiger partial charge in [0.25, 0.3) is 0 Å². The SMILES string of the molecule is CCC1CCC(Nc2cc(N)nc(N)n2)C1C. The van der Waals surface area contributed by atoms with E-state index >= 15 is 0 Å². The van der Waals surface area contributed by atoms with Crippen molar-refractivity contribution in [2.24, 2.45) is 11.8 Å². The number of nitrogens with two attached hydrogens (primary N) is 2. The highest BCUT2D eigenvalue weighted by molar-refractivity contribution is 5.49. The van der Waals surface area contributed by atoms with Crippen molar-refractivity contribution < 1.29 is 0 Å². The van der Waals surface area contributed by atoms with Crippen molar-refractivity contribution in [3.8, 4) is 0 Å². The average molecular weight is 235 g/mol. The van der Waals surface area contributed by atoms with E-state index in [1.807, 2.05) is 0 Å². The fourth-order valence-corrected chi connectivity index (χ4v) is 2.78. The molecule has 94 valence electrons. The Morgan fingerprint density at radius 3 is 2.71 bits per heavy atom. The van der Waals surface area contributed by atoms with Crippen LogP contribution in [-0.2, 0) is 0 Å². The predicted octanol–water partition coefficient (Wildman–Crippen LogP) is 1.88. The second-order valence-corrected chi connectivity index (χ2v) is 4.89. The van der Waals surface area contributed by atoms with Crippen molar-refractivity contribution in [3.05, 3.63) is 6.07 Å². The van der Waals surface area contributed by atoms with E-state index in [-0.39, 0.29) is 5.95 Å². The Kier molecular flexibility index (Phi) is 3.36. The van der Waals surface area contributed by atoms with Crippen molar-refractivity contribution in [2.45, 2.75) is 39.2 Å². The van der Waals surface area contributed by atoms with Crippen molar-refractivity contribution in [2.75, 3.05) is 16.8 Å². The van der Waals surface area contributed by atoms with Gasteiger partial charge < -0.3 is 16.8 Å². The Morgan fingerprint density at radius 1 is 1.35 bits per heavy atom. The van der Waals surface area contributed by atoms with E-state index in [9.17, 15) is 0 Å². The van der Waals surface area contributed by atoms with Gasteiger partial charge in [0.15, 0.2) is 0 Å². The zero-order chi connectivity index (χ0) is 12.4. The van der Waals surface area contributed by atoms with Gasteiger partial charge in [0.05, 0.1) is 0 Å². The number of rotatable bonds is 3. The smallest absolute Gasteiger partial charge is 0.223 e. The molecule has 1 aliphatic rings. The summed E-state index contributed by atoms with van der Waals surface area (Å²) in [5.41, 5.74) is 11.2. The number of nitrogens with zero attached hydrogens (tertiary/aromatic N) is 2. The lowest BCUT2D eigenvalue weighted by atomic mass is 9.93. The number of nitrogen functional groups attached to an aromatic ring is 2. The van der Waals surface area contributed by atoms with Crippen molar-refractivity contribution in [1.82, 2.24) is 9.97 Å². The van der Waals surface area contributed by atoms with Gasteiger partial charge in [-0.1, -0.05) is 20.3 Å². The van der Waals surface area contributed by atoms with Crippen LogP contribution in [0.2, 0.25) is 0 Å². The van der Waals surface area contributed by atoms with Crippen LogP contribution >= 0.6 is 0 Å². The molecule has 1 heterocycles. The zero-order valence-electron chi connectivity index (χ0n) is 10.5. The molecule has 0 radical (unpaired) electrons. The fourth-order valence-electron chi connectivity index (χ4n) is 2.78. The Bertz CT molecular complexity index is 372. The second kappa shape index (κ2) is 4.77. The fraction of sp³-hybridized carbons (Fsp3) is 0.667. The van der Waals surface area contributed by atoms with E-state index in [1.165, 1.54) is 19.3 Å². The maximum absolute atomic E-state index is 5.65. The molecular formula is C12H21N5. The molecule has 3 atom stereocenters. The molecule has 0 aliphatic heterocycles. The second-order valence-electron chi connectivity index (χ2n) is 4.89. The molecule has 0 aromatic carbocycles. The molecule has 0 amide bonds. The van der Waals surface area contributed by atoms with Gasteiger partial charge in [0, 0.05) is 12.1 Å². The minimum Gasteiger partial charge on any atom is -0.383 e. The largest absolute Gasteiger partial charge is 0.383 e. The van der Waals surface area contributed by atoms with Gasteiger partial charge in [-0.3, -0.25) is 0 Å². The van der Waals surface area contributed by atoms with E-state index < -0.39 is 0 Å². The van der Waals surface area contributed by atoms with Gasteiger partial charge in [0.2, 0.25) is 5.95 Å². The first kappa shape index (κ1) is 12.0. The lowest BCUT2D eigenvalue weighted by molar-refractivity contribution is 0.391. The molecule has 1 aliphatic carbocycles. The topological polar surface area (TPSA) is 89.8 Å². The Morgan fingerprint density at radius 2 is 2.12 bits per heavy atom. The van der Waals surface area contributed by atoms with Crippen LogP contribution in [0.4, 0.5) is 17.6 Å². The lowest BCUT2D eigenvalue weighted by Crippen LogP contribution is -2.25. The number of hydrogen-bond acceptors (Lipinski definition) is 5. The maximum atomic E-state index is 5.65. The normalized spacial score (nSPS) is 28.2. The maximum Gasteiger partial charge on any atom is 0.223 e. The van der Waals surface area contributed by atoms with Crippen LogP contribution in [0.15, 0.2) is 6.07 Å². The van der Waals surface area contributed by atoms with E-state index in [4.69, 9.17) is 11.5 Å². The first-order valence-corrected chi connectivity index (χ1v) is 6.26. The van der Waals surface area contributed by atoms with Crippen molar-refractivity contribution >= 4 is 17.6 Å². The summed E-state index contributed by atoms with van der Waals surface area (Å²) in [4.78, 5) is 8.02. The standard InChI is InChI=1S/C12H21N5/c1-3-8-4-5-9(7(8)2)15-11-6-10(13)16-12(14)17-11/h6-9H,3-5H2,1-2H3,(H5,13,14,15,16,17). The first-order valence-electron chi connectivity index (χ1n) is 6.26. The van der Waals surface area contributed by atoms with Crippen molar-refractivity contribution in [1.29, 1.82) is 0 Å². The van der Waals surface area contributed by atoms with Crippen LogP contribution in [0.3, 0.4) is 0 Å². The molecule has 0 bridgehead atoms. The molecular weight excluding hydrogens is 214 g/mol. The highest BCUT2D eigenvalue weighted by Crippen LogP contribution is 2.35. The van der Waals surface area contributed by atoms with E-state index in [0.29, 0.717) is 17.8 Å². The van der Waals surface area contributed by atoms with Crippen LogP contribution in [-0.4, -0.2) is 16.0 Å². The summed E-state index contributed by atoms with van der Waals surface area (Å²) in [5, 5.41) is 3.43. The average Bonchev–Trinajstić information content (AvgIpc) is 2.58. The van der Waals surface area contributed by atoms with Crippen LogP contribution in [0.5, 0.6) is 0 Å². The molecule has 1 saturated carbocycles. The van der Waals surface area contributed by atoms with Crippen LogP contribution in [0.25, 0.3) is 0 Å². The molecule has 0 saturated heterocycles. The number of anilines is 3. The summed E-state index contributed by atoms with van der Waals surface area (Å²) < 4.78 is 0. The van der Waals surface area contributed by atoms with Crippen LogP contribution < -0.4 is 16.8 Å². The third-order valence-electron chi connectivity index (χ3n) is 3.85. The number of nitrogens with one attached hydrogen (secondary N) is 1. The Hall–Kier alpha value is -1.52. The predicted molar refractivity (Wildman–Crippen MR) is 70.4 cm³/mol. The molecule has 5 N–H and O–H groups in total. The van der Waals surface area contributed by atoms with Gasteiger partial charge in [-0.25, -0.2) is 0 Å². The molecule has 1 aromatic rings. The van der Waals surface area contributed by atoms with E-state index in [1.54, 1.807) is 6.07 Å². The van der Waals surface area contributed by atoms with E-state index in [0.717, 1.165) is 11.7 Å². The molecule has 1 aromatic heterocycles. The molecule has 17 heavy (non-hydrogen) atoms. The molecule has 3 unspecified atom stereocenters. The van der Waals surface area contributed by atoms with Gasteiger partial charge in [-0.05, 0) is 24.7 Å². The van der Waals surface area contributed by atoms with Gasteiger partial charge >= 0.3 is 0 Å². The molecule has 5 nitrogen and oxygen atoms in total. The first-order chi connectivity index (χ1) is 8.10. The monoisotopic (exact) mass is 235 g/mol. The molecule has 0 spiro atoms. The summed E-state index contributed by atoms with van der Waals surface area (Å²) in [6.45, 7) is 4.55. The van der Waals surface area contributed by atoms with Gasteiger partial charge in [-0.2, -0.15) is 9.97 Å². The van der Waals surface area contributed by atoms with Gasteiger partial charge in [0.1, 0.15) is 11.6 Å².